The predicted molar refractivity (Wildman–Crippen MR) is 72.4 cm³/mol. The molecule has 3 rings (SSSR count). The van der Waals surface area contributed by atoms with Gasteiger partial charge >= 0.3 is 12.3 Å². The molecule has 1 aliphatic rings. The number of aromatic nitrogens is 3. The summed E-state index contributed by atoms with van der Waals surface area (Å²) in [4.78, 5) is 23.7. The molecule has 0 radical (unpaired) electrons. The lowest BCUT2D eigenvalue weighted by Crippen LogP contribution is -2.36. The molecule has 0 aromatic carbocycles. The van der Waals surface area contributed by atoms with Gasteiger partial charge in [0, 0.05) is 30.1 Å². The zero-order chi connectivity index (χ0) is 16.6. The first-order valence-electron chi connectivity index (χ1n) is 6.71. The molecule has 1 N–H and O–H groups in total. The van der Waals surface area contributed by atoms with Crippen molar-refractivity contribution in [2.75, 3.05) is 6.54 Å². The molecular formula is C14H11F3N4O2. The van der Waals surface area contributed by atoms with Gasteiger partial charge in [0.25, 0.3) is 0 Å². The molecule has 3 heterocycles. The summed E-state index contributed by atoms with van der Waals surface area (Å²) < 4.78 is 39.9. The lowest BCUT2D eigenvalue weighted by Gasteiger charge is -2.27. The van der Waals surface area contributed by atoms with Crippen LogP contribution in [-0.4, -0.2) is 37.6 Å². The van der Waals surface area contributed by atoms with Crippen LogP contribution in [0.25, 0.3) is 11.4 Å². The average molecular weight is 324 g/mol. The monoisotopic (exact) mass is 324 g/mol. The Bertz CT molecular complexity index is 750. The Morgan fingerprint density at radius 1 is 1.22 bits per heavy atom. The van der Waals surface area contributed by atoms with E-state index in [2.05, 4.69) is 15.0 Å². The van der Waals surface area contributed by atoms with Crippen molar-refractivity contribution in [3.8, 4) is 11.4 Å². The predicted octanol–water partition coefficient (Wildman–Crippen LogP) is 2.59. The third-order valence-corrected chi connectivity index (χ3v) is 3.54. The van der Waals surface area contributed by atoms with Gasteiger partial charge in [-0.1, -0.05) is 0 Å². The summed E-state index contributed by atoms with van der Waals surface area (Å²) in [5.74, 6) is -0.0919. The number of carbonyl (C=O) groups is 1. The van der Waals surface area contributed by atoms with Gasteiger partial charge in [0.15, 0.2) is 11.5 Å². The van der Waals surface area contributed by atoms with Gasteiger partial charge in [-0.25, -0.2) is 14.8 Å². The van der Waals surface area contributed by atoms with Gasteiger partial charge in [-0.15, -0.1) is 0 Å². The number of carboxylic acid groups (broad SMARTS) is 1. The number of rotatable bonds is 1. The Kier molecular flexibility index (Phi) is 3.63. The standard InChI is InChI=1S/C14H11F3N4O2/c15-14(16,17)11-9-3-6-21(13(22)23)7-10(9)19-12(20-11)8-1-4-18-5-2-8/h1-2,4-5H,3,6-7H2,(H,22,23). The summed E-state index contributed by atoms with van der Waals surface area (Å²) in [5, 5.41) is 9.03. The molecule has 0 aliphatic carbocycles. The van der Waals surface area contributed by atoms with Gasteiger partial charge in [0.05, 0.1) is 12.2 Å². The summed E-state index contributed by atoms with van der Waals surface area (Å²) in [5.41, 5.74) is -0.555. The van der Waals surface area contributed by atoms with Gasteiger partial charge in [0.1, 0.15) is 0 Å². The van der Waals surface area contributed by atoms with E-state index in [9.17, 15) is 18.0 Å². The number of halogens is 3. The fourth-order valence-corrected chi connectivity index (χ4v) is 2.46. The van der Waals surface area contributed by atoms with Crippen LogP contribution in [0.5, 0.6) is 0 Å². The smallest absolute Gasteiger partial charge is 0.433 e. The Hall–Kier alpha value is -2.71. The van der Waals surface area contributed by atoms with Gasteiger partial charge in [-0.3, -0.25) is 4.98 Å². The minimum absolute atomic E-state index is 0.0105. The van der Waals surface area contributed by atoms with Crippen molar-refractivity contribution in [3.05, 3.63) is 41.5 Å². The second kappa shape index (κ2) is 5.49. The molecule has 0 spiro atoms. The SMILES string of the molecule is O=C(O)N1CCc2c(nc(-c3ccncc3)nc2C(F)(F)F)C1. The molecule has 0 bridgehead atoms. The maximum absolute atomic E-state index is 13.3. The van der Waals surface area contributed by atoms with Crippen LogP contribution < -0.4 is 0 Å². The highest BCUT2D eigenvalue weighted by Gasteiger charge is 2.39. The van der Waals surface area contributed by atoms with Crippen molar-refractivity contribution in [3.63, 3.8) is 0 Å². The third-order valence-electron chi connectivity index (χ3n) is 3.54. The van der Waals surface area contributed by atoms with E-state index in [0.717, 1.165) is 4.90 Å². The molecule has 1 amide bonds. The number of nitrogens with zero attached hydrogens (tertiary/aromatic N) is 4. The molecule has 0 saturated heterocycles. The third kappa shape index (κ3) is 2.94. The minimum Gasteiger partial charge on any atom is -0.465 e. The number of hydrogen-bond acceptors (Lipinski definition) is 4. The van der Waals surface area contributed by atoms with E-state index in [1.807, 2.05) is 0 Å². The summed E-state index contributed by atoms with van der Waals surface area (Å²) >= 11 is 0. The molecule has 9 heteroatoms. The second-order valence-corrected chi connectivity index (χ2v) is 5.01. The zero-order valence-electron chi connectivity index (χ0n) is 11.7. The highest BCUT2D eigenvalue weighted by molar-refractivity contribution is 5.65. The Balaban J connectivity index is 2.14. The first-order valence-corrected chi connectivity index (χ1v) is 6.71. The summed E-state index contributed by atoms with van der Waals surface area (Å²) in [6.45, 7) is -0.197. The van der Waals surface area contributed by atoms with Crippen molar-refractivity contribution in [1.29, 1.82) is 0 Å². The van der Waals surface area contributed by atoms with Crippen molar-refractivity contribution in [2.24, 2.45) is 0 Å². The highest BCUT2D eigenvalue weighted by atomic mass is 19.4. The van der Waals surface area contributed by atoms with E-state index in [4.69, 9.17) is 5.11 Å². The maximum Gasteiger partial charge on any atom is 0.433 e. The number of pyridine rings is 1. The van der Waals surface area contributed by atoms with Crippen LogP contribution in [0.3, 0.4) is 0 Å². The molecule has 0 atom stereocenters. The van der Waals surface area contributed by atoms with Gasteiger partial charge in [0.2, 0.25) is 0 Å². The Morgan fingerprint density at radius 2 is 1.91 bits per heavy atom. The van der Waals surface area contributed by atoms with E-state index >= 15 is 0 Å². The molecule has 1 aliphatic heterocycles. The molecule has 0 saturated carbocycles. The largest absolute Gasteiger partial charge is 0.465 e. The van der Waals surface area contributed by atoms with Crippen LogP contribution in [0.2, 0.25) is 0 Å². The number of alkyl halides is 3. The normalized spacial score (nSPS) is 14.5. The topological polar surface area (TPSA) is 79.2 Å². The summed E-state index contributed by atoms with van der Waals surface area (Å²) in [7, 11) is 0. The molecule has 120 valence electrons. The van der Waals surface area contributed by atoms with Gasteiger partial charge in [-0.2, -0.15) is 13.2 Å². The minimum atomic E-state index is -4.62. The van der Waals surface area contributed by atoms with Gasteiger partial charge in [-0.05, 0) is 18.6 Å². The number of amides is 1. The molecule has 2 aromatic rings. The van der Waals surface area contributed by atoms with E-state index in [1.165, 1.54) is 24.5 Å². The van der Waals surface area contributed by atoms with Gasteiger partial charge < -0.3 is 10.0 Å². The lowest BCUT2D eigenvalue weighted by molar-refractivity contribution is -0.142. The van der Waals surface area contributed by atoms with Crippen molar-refractivity contribution >= 4 is 6.09 Å². The van der Waals surface area contributed by atoms with E-state index < -0.39 is 18.0 Å². The average Bonchev–Trinajstić information content (AvgIpc) is 2.53. The molecule has 0 fully saturated rings. The highest BCUT2D eigenvalue weighted by Crippen LogP contribution is 2.35. The maximum atomic E-state index is 13.3. The number of hydrogen-bond donors (Lipinski definition) is 1. The fraction of sp³-hybridized carbons (Fsp3) is 0.286. The number of fused-ring (bicyclic) bond motifs is 1. The van der Waals surface area contributed by atoms with Crippen LogP contribution in [0.4, 0.5) is 18.0 Å². The first kappa shape index (κ1) is 15.2. The first-order chi connectivity index (χ1) is 10.9. The van der Waals surface area contributed by atoms with Crippen LogP contribution >= 0.6 is 0 Å². The van der Waals surface area contributed by atoms with Crippen LogP contribution in [0.15, 0.2) is 24.5 Å². The Morgan fingerprint density at radius 3 is 2.52 bits per heavy atom. The fourth-order valence-electron chi connectivity index (χ4n) is 2.46. The quantitative estimate of drug-likeness (QED) is 0.872. The zero-order valence-corrected chi connectivity index (χ0v) is 11.7. The van der Waals surface area contributed by atoms with E-state index in [0.29, 0.717) is 5.56 Å². The van der Waals surface area contributed by atoms with Crippen molar-refractivity contribution in [1.82, 2.24) is 19.9 Å². The molecular weight excluding hydrogens is 313 g/mol. The van der Waals surface area contributed by atoms with E-state index in [1.54, 1.807) is 0 Å². The van der Waals surface area contributed by atoms with Crippen molar-refractivity contribution < 1.29 is 23.1 Å². The lowest BCUT2D eigenvalue weighted by atomic mass is 10.0. The van der Waals surface area contributed by atoms with Crippen LogP contribution in [0, 0.1) is 0 Å². The Labute approximate surface area is 128 Å². The van der Waals surface area contributed by atoms with Crippen LogP contribution in [-0.2, 0) is 19.1 Å². The molecule has 2 aromatic heterocycles. The van der Waals surface area contributed by atoms with Crippen LogP contribution in [0.1, 0.15) is 17.0 Å². The molecule has 6 nitrogen and oxygen atoms in total. The van der Waals surface area contributed by atoms with Crippen molar-refractivity contribution in [2.45, 2.75) is 19.1 Å². The molecule has 23 heavy (non-hydrogen) atoms. The molecule has 0 unspecified atom stereocenters. The summed E-state index contributed by atoms with van der Waals surface area (Å²) in [6, 6.07) is 3.00. The second-order valence-electron chi connectivity index (χ2n) is 5.01. The van der Waals surface area contributed by atoms with E-state index in [-0.39, 0.29) is 36.6 Å². The summed E-state index contributed by atoms with van der Waals surface area (Å²) in [6.07, 6.45) is -3.02.